The molecule has 2 N–H and O–H groups in total. The quantitative estimate of drug-likeness (QED) is 0.590. The minimum Gasteiger partial charge on any atom is -0.486 e. The lowest BCUT2D eigenvalue weighted by atomic mass is 10.2. The number of benzene rings is 1. The number of aromatic nitrogens is 3. The van der Waals surface area contributed by atoms with Gasteiger partial charge in [0.2, 0.25) is 11.1 Å². The highest BCUT2D eigenvalue weighted by Gasteiger charge is 2.20. The summed E-state index contributed by atoms with van der Waals surface area (Å²) in [6.07, 6.45) is 0.219. The van der Waals surface area contributed by atoms with Crippen LogP contribution in [0, 0.1) is 18.3 Å². The van der Waals surface area contributed by atoms with E-state index in [1.165, 1.54) is 16.4 Å². The Hall–Kier alpha value is -2.93. The zero-order valence-electron chi connectivity index (χ0n) is 14.2. The standard InChI is InChI=1S/C16H18N6O3S/c1-11-19-20-16(22(11)18)26-10-15(23)21(6-2-5-17)12-3-4-13-14(9-12)25-8-7-24-13/h3-4,9H,2,6-8,10,18H2,1H3. The average molecular weight is 374 g/mol. The van der Waals surface area contributed by atoms with Gasteiger partial charge in [0, 0.05) is 18.3 Å². The number of thioether (sulfide) groups is 1. The van der Waals surface area contributed by atoms with E-state index in [4.69, 9.17) is 20.6 Å². The zero-order chi connectivity index (χ0) is 18.5. The number of hydrogen-bond donors (Lipinski definition) is 1. The lowest BCUT2D eigenvalue weighted by molar-refractivity contribution is -0.116. The highest BCUT2D eigenvalue weighted by Crippen LogP contribution is 2.34. The van der Waals surface area contributed by atoms with E-state index in [1.807, 2.05) is 0 Å². The van der Waals surface area contributed by atoms with Gasteiger partial charge in [0.15, 0.2) is 11.5 Å². The maximum absolute atomic E-state index is 12.7. The molecule has 1 aliphatic heterocycles. The molecule has 1 aromatic heterocycles. The normalized spacial score (nSPS) is 12.5. The maximum atomic E-state index is 12.7. The zero-order valence-corrected chi connectivity index (χ0v) is 15.0. The van der Waals surface area contributed by atoms with Gasteiger partial charge in [-0.2, -0.15) is 5.26 Å². The first-order chi connectivity index (χ1) is 12.6. The molecule has 2 aromatic rings. The van der Waals surface area contributed by atoms with Crippen molar-refractivity contribution in [2.24, 2.45) is 0 Å². The summed E-state index contributed by atoms with van der Waals surface area (Å²) in [6, 6.07) is 7.37. The van der Waals surface area contributed by atoms with Crippen molar-refractivity contribution < 1.29 is 14.3 Å². The average Bonchev–Trinajstić information content (AvgIpc) is 2.98. The minimum absolute atomic E-state index is 0.120. The summed E-state index contributed by atoms with van der Waals surface area (Å²) in [5.74, 6) is 7.56. The van der Waals surface area contributed by atoms with E-state index >= 15 is 0 Å². The first kappa shape index (κ1) is 17.9. The number of nitrogens with zero attached hydrogens (tertiary/aromatic N) is 5. The molecule has 0 bridgehead atoms. The van der Waals surface area contributed by atoms with E-state index in [1.54, 1.807) is 30.0 Å². The number of aryl methyl sites for hydroxylation is 1. The Bertz CT molecular complexity index is 847. The molecule has 0 fully saturated rings. The topological polar surface area (TPSA) is 119 Å². The number of fused-ring (bicyclic) bond motifs is 1. The molecule has 0 saturated heterocycles. The Balaban J connectivity index is 1.75. The molecule has 0 unspecified atom stereocenters. The van der Waals surface area contributed by atoms with Gasteiger partial charge in [0.1, 0.15) is 19.0 Å². The summed E-state index contributed by atoms with van der Waals surface area (Å²) < 4.78 is 12.4. The molecule has 136 valence electrons. The molecular formula is C16H18N6O3S. The molecule has 0 spiro atoms. The molecule has 26 heavy (non-hydrogen) atoms. The van der Waals surface area contributed by atoms with Crippen LogP contribution in [0.5, 0.6) is 11.5 Å². The van der Waals surface area contributed by atoms with Crippen LogP contribution in [0.25, 0.3) is 0 Å². The predicted octanol–water partition coefficient (Wildman–Crippen LogP) is 1.11. The smallest absolute Gasteiger partial charge is 0.237 e. The Morgan fingerprint density at radius 1 is 1.38 bits per heavy atom. The number of hydrogen-bond acceptors (Lipinski definition) is 8. The molecule has 3 rings (SSSR count). The molecule has 2 heterocycles. The number of nitriles is 1. The van der Waals surface area contributed by atoms with E-state index in [2.05, 4.69) is 16.3 Å². The van der Waals surface area contributed by atoms with Gasteiger partial charge in [-0.1, -0.05) is 11.8 Å². The summed E-state index contributed by atoms with van der Waals surface area (Å²) in [5.41, 5.74) is 0.653. The fourth-order valence-corrected chi connectivity index (χ4v) is 3.19. The fourth-order valence-electron chi connectivity index (χ4n) is 2.41. The monoisotopic (exact) mass is 374 g/mol. The first-order valence-corrected chi connectivity index (χ1v) is 8.95. The van der Waals surface area contributed by atoms with Gasteiger partial charge in [-0.3, -0.25) is 4.79 Å². The van der Waals surface area contributed by atoms with E-state index in [0.717, 1.165) is 0 Å². The number of amides is 1. The maximum Gasteiger partial charge on any atom is 0.237 e. The predicted molar refractivity (Wildman–Crippen MR) is 95.6 cm³/mol. The highest BCUT2D eigenvalue weighted by molar-refractivity contribution is 7.99. The van der Waals surface area contributed by atoms with Gasteiger partial charge in [-0.15, -0.1) is 10.2 Å². The fraction of sp³-hybridized carbons (Fsp3) is 0.375. The van der Waals surface area contributed by atoms with Crippen molar-refractivity contribution in [3.8, 4) is 17.6 Å². The molecule has 9 nitrogen and oxygen atoms in total. The van der Waals surface area contributed by atoms with Crippen LogP contribution in [-0.4, -0.2) is 46.3 Å². The molecule has 0 atom stereocenters. The van der Waals surface area contributed by atoms with Gasteiger partial charge in [0.25, 0.3) is 0 Å². The number of rotatable bonds is 6. The molecule has 0 saturated carbocycles. The third-order valence-corrected chi connectivity index (χ3v) is 4.67. The molecule has 1 aromatic carbocycles. The van der Waals surface area contributed by atoms with Gasteiger partial charge in [0.05, 0.1) is 18.2 Å². The molecule has 10 heteroatoms. The SMILES string of the molecule is Cc1nnc(SCC(=O)N(CCC#N)c2ccc3c(c2)OCCO3)n1N. The summed E-state index contributed by atoms with van der Waals surface area (Å²) in [7, 11) is 0. The third-order valence-electron chi connectivity index (χ3n) is 3.75. The van der Waals surface area contributed by atoms with Gasteiger partial charge < -0.3 is 20.2 Å². The lowest BCUT2D eigenvalue weighted by Gasteiger charge is -2.24. The van der Waals surface area contributed by atoms with Crippen molar-refractivity contribution in [3.05, 3.63) is 24.0 Å². The minimum atomic E-state index is -0.164. The van der Waals surface area contributed by atoms with Crippen molar-refractivity contribution in [3.63, 3.8) is 0 Å². The van der Waals surface area contributed by atoms with E-state index in [9.17, 15) is 4.79 Å². The van der Waals surface area contributed by atoms with Crippen LogP contribution in [0.15, 0.2) is 23.4 Å². The van der Waals surface area contributed by atoms with Crippen LogP contribution in [0.1, 0.15) is 12.2 Å². The van der Waals surface area contributed by atoms with Gasteiger partial charge in [-0.05, 0) is 19.1 Å². The number of carbonyl (C=O) groups excluding carboxylic acids is 1. The Morgan fingerprint density at radius 3 is 2.85 bits per heavy atom. The molecular weight excluding hydrogens is 356 g/mol. The van der Waals surface area contributed by atoms with Crippen LogP contribution in [0.3, 0.4) is 0 Å². The second-order valence-corrected chi connectivity index (χ2v) is 6.41. The van der Waals surface area contributed by atoms with Crippen LogP contribution < -0.4 is 20.2 Å². The summed E-state index contributed by atoms with van der Waals surface area (Å²) >= 11 is 1.20. The second kappa shape index (κ2) is 7.97. The Labute approximate surface area is 154 Å². The van der Waals surface area contributed by atoms with E-state index < -0.39 is 0 Å². The number of anilines is 1. The summed E-state index contributed by atoms with van der Waals surface area (Å²) in [5, 5.41) is 17.2. The van der Waals surface area contributed by atoms with Gasteiger partial charge in [-0.25, -0.2) is 4.68 Å². The number of ether oxygens (including phenoxy) is 2. The molecule has 0 aliphatic carbocycles. The van der Waals surface area contributed by atoms with E-state index in [-0.39, 0.29) is 24.6 Å². The molecule has 1 amide bonds. The Kier molecular flexibility index (Phi) is 5.48. The summed E-state index contributed by atoms with van der Waals surface area (Å²) in [4.78, 5) is 14.3. The highest BCUT2D eigenvalue weighted by atomic mass is 32.2. The second-order valence-electron chi connectivity index (χ2n) is 5.47. The lowest BCUT2D eigenvalue weighted by Crippen LogP contribution is -2.33. The van der Waals surface area contributed by atoms with Crippen molar-refractivity contribution in [1.82, 2.24) is 14.9 Å². The Morgan fingerprint density at radius 2 is 2.15 bits per heavy atom. The van der Waals surface area contributed by atoms with Crippen LogP contribution in [-0.2, 0) is 4.79 Å². The number of carbonyl (C=O) groups is 1. The summed E-state index contributed by atoms with van der Waals surface area (Å²) in [6.45, 7) is 2.97. The number of nitrogen functional groups attached to an aromatic ring is 1. The van der Waals surface area contributed by atoms with Crippen molar-refractivity contribution >= 4 is 23.4 Å². The number of nitrogens with two attached hydrogens (primary N) is 1. The van der Waals surface area contributed by atoms with Crippen LogP contribution in [0.4, 0.5) is 5.69 Å². The largest absolute Gasteiger partial charge is 0.486 e. The van der Waals surface area contributed by atoms with Gasteiger partial charge >= 0.3 is 0 Å². The van der Waals surface area contributed by atoms with Crippen LogP contribution >= 0.6 is 11.8 Å². The van der Waals surface area contributed by atoms with Crippen molar-refractivity contribution in [1.29, 1.82) is 5.26 Å². The molecule has 1 aliphatic rings. The van der Waals surface area contributed by atoms with Crippen LogP contribution in [0.2, 0.25) is 0 Å². The molecule has 0 radical (unpaired) electrons. The van der Waals surface area contributed by atoms with Crippen molar-refractivity contribution in [2.45, 2.75) is 18.5 Å². The third kappa shape index (κ3) is 3.83. The van der Waals surface area contributed by atoms with Crippen molar-refractivity contribution in [2.75, 3.05) is 36.3 Å². The van der Waals surface area contributed by atoms with E-state index in [0.29, 0.717) is 41.4 Å². The first-order valence-electron chi connectivity index (χ1n) is 7.97.